The molecule has 0 radical (unpaired) electrons. The first-order chi connectivity index (χ1) is 10.1. The molecule has 2 aromatic carbocycles. The summed E-state index contributed by atoms with van der Waals surface area (Å²) >= 11 is 1.51. The number of nitrogens with one attached hydrogen (secondary N) is 1. The van der Waals surface area contributed by atoms with Crippen molar-refractivity contribution in [2.24, 2.45) is 0 Å². The van der Waals surface area contributed by atoms with E-state index in [1.165, 1.54) is 18.7 Å². The van der Waals surface area contributed by atoms with E-state index in [1.54, 1.807) is 24.3 Å². The van der Waals surface area contributed by atoms with Gasteiger partial charge in [0.05, 0.1) is 5.25 Å². The Kier molecular flexibility index (Phi) is 5.17. The molecule has 2 rings (SSSR count). The number of rotatable bonds is 5. The summed E-state index contributed by atoms with van der Waals surface area (Å²) in [6.45, 7) is 3.39. The fourth-order valence-corrected chi connectivity index (χ4v) is 2.68. The molecule has 0 bridgehead atoms. The van der Waals surface area contributed by atoms with Crippen molar-refractivity contribution in [1.82, 2.24) is 0 Å². The molecule has 0 saturated carbocycles. The second-order valence-electron chi connectivity index (χ2n) is 4.70. The molecule has 3 nitrogen and oxygen atoms in total. The monoisotopic (exact) mass is 299 g/mol. The minimum atomic E-state index is -0.195. The summed E-state index contributed by atoms with van der Waals surface area (Å²) in [6, 6.07) is 16.7. The van der Waals surface area contributed by atoms with Crippen LogP contribution in [0.2, 0.25) is 0 Å². The molecule has 0 unspecified atom stereocenters. The van der Waals surface area contributed by atoms with Crippen LogP contribution in [0.5, 0.6) is 0 Å². The molecule has 2 aromatic rings. The Hall–Kier alpha value is -2.07. The summed E-state index contributed by atoms with van der Waals surface area (Å²) < 4.78 is 0. The molecular formula is C17H17NO2S. The Morgan fingerprint density at radius 3 is 2.19 bits per heavy atom. The maximum atomic E-state index is 12.1. The SMILES string of the molecule is CC(=O)c1ccc(NC(=O)[C@H](C)Sc2ccccc2)cc1. The van der Waals surface area contributed by atoms with Gasteiger partial charge in [0, 0.05) is 16.1 Å². The lowest BCUT2D eigenvalue weighted by atomic mass is 10.1. The van der Waals surface area contributed by atoms with Gasteiger partial charge in [0.15, 0.2) is 5.78 Å². The van der Waals surface area contributed by atoms with Gasteiger partial charge in [0.25, 0.3) is 0 Å². The maximum Gasteiger partial charge on any atom is 0.237 e. The second kappa shape index (κ2) is 7.09. The molecule has 0 heterocycles. The molecule has 1 N–H and O–H groups in total. The predicted molar refractivity (Wildman–Crippen MR) is 86.8 cm³/mol. The van der Waals surface area contributed by atoms with Crippen LogP contribution in [0.4, 0.5) is 5.69 Å². The van der Waals surface area contributed by atoms with Crippen LogP contribution in [0.3, 0.4) is 0 Å². The number of carbonyl (C=O) groups excluding carboxylic acids is 2. The van der Waals surface area contributed by atoms with Gasteiger partial charge in [-0.1, -0.05) is 18.2 Å². The Morgan fingerprint density at radius 2 is 1.62 bits per heavy atom. The van der Waals surface area contributed by atoms with E-state index in [-0.39, 0.29) is 16.9 Å². The lowest BCUT2D eigenvalue weighted by Gasteiger charge is -2.12. The fourth-order valence-electron chi connectivity index (χ4n) is 1.79. The highest BCUT2D eigenvalue weighted by Gasteiger charge is 2.14. The Balaban J connectivity index is 1.95. The molecule has 108 valence electrons. The van der Waals surface area contributed by atoms with E-state index < -0.39 is 0 Å². The lowest BCUT2D eigenvalue weighted by molar-refractivity contribution is -0.115. The lowest BCUT2D eigenvalue weighted by Crippen LogP contribution is -2.22. The van der Waals surface area contributed by atoms with Crippen LogP contribution in [0.25, 0.3) is 0 Å². The van der Waals surface area contributed by atoms with Crippen LogP contribution in [0.1, 0.15) is 24.2 Å². The highest BCUT2D eigenvalue weighted by atomic mass is 32.2. The molecule has 4 heteroatoms. The number of benzene rings is 2. The quantitative estimate of drug-likeness (QED) is 0.670. The van der Waals surface area contributed by atoms with E-state index in [2.05, 4.69) is 5.32 Å². The van der Waals surface area contributed by atoms with Gasteiger partial charge >= 0.3 is 0 Å². The molecule has 0 aromatic heterocycles. The van der Waals surface area contributed by atoms with Gasteiger partial charge in [-0.15, -0.1) is 11.8 Å². The molecule has 1 amide bonds. The third-order valence-electron chi connectivity index (χ3n) is 2.98. The van der Waals surface area contributed by atoms with E-state index in [1.807, 2.05) is 37.3 Å². The number of amides is 1. The van der Waals surface area contributed by atoms with E-state index >= 15 is 0 Å². The average Bonchev–Trinajstić information content (AvgIpc) is 2.48. The van der Waals surface area contributed by atoms with Gasteiger partial charge in [-0.25, -0.2) is 0 Å². The van der Waals surface area contributed by atoms with Gasteiger partial charge in [-0.3, -0.25) is 9.59 Å². The summed E-state index contributed by atoms with van der Waals surface area (Å²) in [5, 5.41) is 2.66. The highest BCUT2D eigenvalue weighted by Crippen LogP contribution is 2.23. The first kappa shape index (κ1) is 15.3. The van der Waals surface area contributed by atoms with Crippen LogP contribution in [-0.4, -0.2) is 16.9 Å². The van der Waals surface area contributed by atoms with E-state index in [4.69, 9.17) is 0 Å². The third-order valence-corrected chi connectivity index (χ3v) is 4.10. The van der Waals surface area contributed by atoms with Crippen molar-refractivity contribution in [2.75, 3.05) is 5.32 Å². The van der Waals surface area contributed by atoms with Crippen molar-refractivity contribution in [3.05, 3.63) is 60.2 Å². The molecular weight excluding hydrogens is 282 g/mol. The molecule has 0 spiro atoms. The predicted octanol–water partition coefficient (Wildman–Crippen LogP) is 4.01. The van der Waals surface area contributed by atoms with Gasteiger partial charge in [0.2, 0.25) is 5.91 Å². The molecule has 0 aliphatic heterocycles. The first-order valence-electron chi connectivity index (χ1n) is 6.70. The maximum absolute atomic E-state index is 12.1. The van der Waals surface area contributed by atoms with Crippen LogP contribution >= 0.6 is 11.8 Å². The number of carbonyl (C=O) groups is 2. The number of thioether (sulfide) groups is 1. The van der Waals surface area contributed by atoms with Crippen LogP contribution < -0.4 is 5.32 Å². The number of hydrogen-bond donors (Lipinski definition) is 1. The zero-order valence-electron chi connectivity index (χ0n) is 12.0. The molecule has 0 aliphatic carbocycles. The molecule has 21 heavy (non-hydrogen) atoms. The van der Waals surface area contributed by atoms with Gasteiger partial charge in [0.1, 0.15) is 0 Å². The van der Waals surface area contributed by atoms with Crippen molar-refractivity contribution < 1.29 is 9.59 Å². The first-order valence-corrected chi connectivity index (χ1v) is 7.58. The van der Waals surface area contributed by atoms with Crippen LogP contribution in [0.15, 0.2) is 59.5 Å². The highest BCUT2D eigenvalue weighted by molar-refractivity contribution is 8.00. The molecule has 0 saturated heterocycles. The van der Waals surface area contributed by atoms with Gasteiger partial charge in [-0.05, 0) is 50.2 Å². The number of Topliss-reactive ketones (excluding diaryl/α,β-unsaturated/α-hetero) is 1. The summed E-state index contributed by atoms with van der Waals surface area (Å²) in [5.41, 5.74) is 1.34. The Morgan fingerprint density at radius 1 is 1.00 bits per heavy atom. The number of hydrogen-bond acceptors (Lipinski definition) is 3. The molecule has 1 atom stereocenters. The Bertz CT molecular complexity index is 623. The van der Waals surface area contributed by atoms with Crippen molar-refractivity contribution in [3.8, 4) is 0 Å². The van der Waals surface area contributed by atoms with E-state index in [9.17, 15) is 9.59 Å². The standard InChI is InChI=1S/C17H17NO2S/c1-12(19)14-8-10-15(11-9-14)18-17(20)13(2)21-16-6-4-3-5-7-16/h3-11,13H,1-2H3,(H,18,20)/t13-/m0/s1. The smallest absolute Gasteiger partial charge is 0.237 e. The molecule has 0 aliphatic rings. The third kappa shape index (κ3) is 4.46. The molecule has 0 fully saturated rings. The van der Waals surface area contributed by atoms with Gasteiger partial charge < -0.3 is 5.32 Å². The Labute approximate surface area is 128 Å². The van der Waals surface area contributed by atoms with E-state index in [0.717, 1.165) is 4.90 Å². The number of anilines is 1. The summed E-state index contributed by atoms with van der Waals surface area (Å²) in [4.78, 5) is 24.4. The number of ketones is 1. The summed E-state index contributed by atoms with van der Waals surface area (Å²) in [7, 11) is 0. The summed E-state index contributed by atoms with van der Waals surface area (Å²) in [5.74, 6) is -0.0414. The van der Waals surface area contributed by atoms with Crippen molar-refractivity contribution >= 4 is 29.1 Å². The van der Waals surface area contributed by atoms with Crippen LogP contribution in [0, 0.1) is 0 Å². The normalized spacial score (nSPS) is 11.7. The minimum absolute atomic E-state index is 0.0147. The van der Waals surface area contributed by atoms with Crippen molar-refractivity contribution in [2.45, 2.75) is 24.0 Å². The van der Waals surface area contributed by atoms with Gasteiger partial charge in [-0.2, -0.15) is 0 Å². The fraction of sp³-hybridized carbons (Fsp3) is 0.176. The van der Waals surface area contributed by atoms with Crippen molar-refractivity contribution in [1.29, 1.82) is 0 Å². The average molecular weight is 299 g/mol. The zero-order valence-corrected chi connectivity index (χ0v) is 12.8. The zero-order chi connectivity index (χ0) is 15.2. The van der Waals surface area contributed by atoms with Crippen LogP contribution in [-0.2, 0) is 4.79 Å². The largest absolute Gasteiger partial charge is 0.325 e. The second-order valence-corrected chi connectivity index (χ2v) is 6.11. The minimum Gasteiger partial charge on any atom is -0.325 e. The topological polar surface area (TPSA) is 46.2 Å². The van der Waals surface area contributed by atoms with E-state index in [0.29, 0.717) is 11.3 Å². The summed E-state index contributed by atoms with van der Waals surface area (Å²) in [6.07, 6.45) is 0. The van der Waals surface area contributed by atoms with Crippen molar-refractivity contribution in [3.63, 3.8) is 0 Å².